The monoisotopic (exact) mass is 305 g/mol. The molecule has 0 spiro atoms. The van der Waals surface area contributed by atoms with Crippen molar-refractivity contribution >= 4 is 10.0 Å². The molecule has 0 aliphatic carbocycles. The average molecular weight is 305 g/mol. The van der Waals surface area contributed by atoms with Gasteiger partial charge in [-0.1, -0.05) is 6.92 Å². The molecule has 0 bridgehead atoms. The molecule has 0 aromatic rings. The maximum Gasteiger partial charge on any atom is 0.211 e. The van der Waals surface area contributed by atoms with Crippen LogP contribution in [-0.2, 0) is 10.0 Å². The van der Waals surface area contributed by atoms with Gasteiger partial charge in [-0.3, -0.25) is 0 Å². The number of nitrogens with one attached hydrogen (secondary N) is 2. The Hall–Kier alpha value is -0.170. The van der Waals surface area contributed by atoms with E-state index in [1.54, 1.807) is 0 Å². The van der Waals surface area contributed by atoms with Crippen LogP contribution in [0.1, 0.15) is 39.0 Å². The topological polar surface area (TPSA) is 61.4 Å². The molecule has 6 heteroatoms. The number of sulfonamides is 1. The first-order valence-corrected chi connectivity index (χ1v) is 9.55. The van der Waals surface area contributed by atoms with Crippen LogP contribution < -0.4 is 10.0 Å². The largest absolute Gasteiger partial charge is 0.317 e. The zero-order valence-corrected chi connectivity index (χ0v) is 13.8. The summed E-state index contributed by atoms with van der Waals surface area (Å²) in [5, 5.41) is 3.29. The van der Waals surface area contributed by atoms with Gasteiger partial charge in [0, 0.05) is 6.54 Å². The molecule has 1 aliphatic rings. The van der Waals surface area contributed by atoms with Gasteiger partial charge in [0.1, 0.15) is 0 Å². The van der Waals surface area contributed by atoms with Gasteiger partial charge in [0.15, 0.2) is 0 Å². The van der Waals surface area contributed by atoms with E-state index in [9.17, 15) is 8.42 Å². The van der Waals surface area contributed by atoms with Crippen molar-refractivity contribution in [3.8, 4) is 0 Å². The molecular weight excluding hydrogens is 274 g/mol. The Bertz CT molecular complexity index is 338. The van der Waals surface area contributed by atoms with Crippen LogP contribution in [0.15, 0.2) is 0 Å². The lowest BCUT2D eigenvalue weighted by Crippen LogP contribution is -2.37. The van der Waals surface area contributed by atoms with Gasteiger partial charge in [-0.25, -0.2) is 13.1 Å². The Morgan fingerprint density at radius 1 is 1.15 bits per heavy atom. The van der Waals surface area contributed by atoms with Crippen LogP contribution in [0.3, 0.4) is 0 Å². The van der Waals surface area contributed by atoms with Crippen molar-refractivity contribution in [2.45, 2.75) is 39.0 Å². The standard InChI is InChI=1S/C14H31N3O2S/c1-3-8-15-9-4-5-12-20(18,19)16-13-14-6-10-17(2)11-7-14/h14-16H,3-13H2,1-2H3. The summed E-state index contributed by atoms with van der Waals surface area (Å²) in [5.41, 5.74) is 0. The van der Waals surface area contributed by atoms with Gasteiger partial charge < -0.3 is 10.2 Å². The lowest BCUT2D eigenvalue weighted by Gasteiger charge is -2.28. The summed E-state index contributed by atoms with van der Waals surface area (Å²) >= 11 is 0. The van der Waals surface area contributed by atoms with E-state index in [0.29, 0.717) is 12.5 Å². The number of hydrogen-bond donors (Lipinski definition) is 2. The van der Waals surface area contributed by atoms with E-state index in [2.05, 4.69) is 28.9 Å². The summed E-state index contributed by atoms with van der Waals surface area (Å²) < 4.78 is 26.5. The lowest BCUT2D eigenvalue weighted by atomic mass is 9.98. The molecule has 5 nitrogen and oxygen atoms in total. The molecule has 120 valence electrons. The van der Waals surface area contributed by atoms with Crippen LogP contribution in [0, 0.1) is 5.92 Å². The fourth-order valence-electron chi connectivity index (χ4n) is 2.43. The fraction of sp³-hybridized carbons (Fsp3) is 1.00. The van der Waals surface area contributed by atoms with Gasteiger partial charge in [0.25, 0.3) is 0 Å². The van der Waals surface area contributed by atoms with Gasteiger partial charge in [0.05, 0.1) is 5.75 Å². The predicted octanol–water partition coefficient (Wildman–Crippen LogP) is 1.03. The predicted molar refractivity (Wildman–Crippen MR) is 84.4 cm³/mol. The zero-order valence-electron chi connectivity index (χ0n) is 13.0. The van der Waals surface area contributed by atoms with Crippen LogP contribution >= 0.6 is 0 Å². The van der Waals surface area contributed by atoms with E-state index in [1.807, 2.05) is 0 Å². The van der Waals surface area contributed by atoms with Gasteiger partial charge in [-0.15, -0.1) is 0 Å². The summed E-state index contributed by atoms with van der Waals surface area (Å²) in [7, 11) is -0.961. The summed E-state index contributed by atoms with van der Waals surface area (Å²) in [6, 6.07) is 0. The molecule has 1 aliphatic heterocycles. The summed E-state index contributed by atoms with van der Waals surface area (Å²) in [6.07, 6.45) is 4.98. The smallest absolute Gasteiger partial charge is 0.211 e. The molecule has 0 saturated carbocycles. The first-order valence-electron chi connectivity index (χ1n) is 7.90. The molecule has 20 heavy (non-hydrogen) atoms. The third-order valence-corrected chi connectivity index (χ3v) is 5.31. The molecule has 0 aromatic carbocycles. The highest BCUT2D eigenvalue weighted by atomic mass is 32.2. The Balaban J connectivity index is 2.08. The minimum Gasteiger partial charge on any atom is -0.317 e. The molecule has 0 amide bonds. The van der Waals surface area contributed by atoms with Crippen LogP contribution in [0.2, 0.25) is 0 Å². The number of rotatable bonds is 10. The number of unbranched alkanes of at least 4 members (excludes halogenated alkanes) is 1. The second kappa shape index (κ2) is 9.71. The van der Waals surface area contributed by atoms with Crippen LogP contribution in [0.4, 0.5) is 0 Å². The minimum absolute atomic E-state index is 0.257. The third kappa shape index (κ3) is 8.19. The first kappa shape index (κ1) is 17.9. The molecule has 0 unspecified atom stereocenters. The number of likely N-dealkylation sites (tertiary alicyclic amines) is 1. The normalized spacial score (nSPS) is 18.5. The Morgan fingerprint density at radius 3 is 2.50 bits per heavy atom. The molecule has 1 rings (SSSR count). The fourth-order valence-corrected chi connectivity index (χ4v) is 3.65. The third-order valence-electron chi connectivity index (χ3n) is 3.87. The number of nitrogens with zero attached hydrogens (tertiary/aromatic N) is 1. The minimum atomic E-state index is -3.08. The van der Waals surface area contributed by atoms with Crippen molar-refractivity contribution in [3.63, 3.8) is 0 Å². The van der Waals surface area contributed by atoms with Crippen LogP contribution in [-0.4, -0.2) is 58.8 Å². The highest BCUT2D eigenvalue weighted by Gasteiger charge is 2.18. The van der Waals surface area contributed by atoms with E-state index in [4.69, 9.17) is 0 Å². The molecule has 1 saturated heterocycles. The van der Waals surface area contributed by atoms with Crippen molar-refractivity contribution in [3.05, 3.63) is 0 Å². The molecule has 1 fully saturated rings. The lowest BCUT2D eigenvalue weighted by molar-refractivity contribution is 0.220. The maximum atomic E-state index is 11.9. The molecular formula is C14H31N3O2S. The van der Waals surface area contributed by atoms with E-state index >= 15 is 0 Å². The summed E-state index contributed by atoms with van der Waals surface area (Å²) in [5.74, 6) is 0.764. The molecule has 0 aromatic heterocycles. The van der Waals surface area contributed by atoms with Gasteiger partial charge in [-0.05, 0) is 71.2 Å². The highest BCUT2D eigenvalue weighted by Crippen LogP contribution is 2.15. The van der Waals surface area contributed by atoms with Crippen LogP contribution in [0.5, 0.6) is 0 Å². The maximum absolute atomic E-state index is 11.9. The Morgan fingerprint density at radius 2 is 1.85 bits per heavy atom. The summed E-state index contributed by atoms with van der Waals surface area (Å²) in [4.78, 5) is 2.30. The Kier molecular flexibility index (Phi) is 8.68. The summed E-state index contributed by atoms with van der Waals surface area (Å²) in [6.45, 7) is 6.83. The van der Waals surface area contributed by atoms with E-state index in [1.165, 1.54) is 0 Å². The van der Waals surface area contributed by atoms with Crippen molar-refractivity contribution in [1.29, 1.82) is 0 Å². The molecule has 1 heterocycles. The van der Waals surface area contributed by atoms with Crippen LogP contribution in [0.25, 0.3) is 0 Å². The van der Waals surface area contributed by atoms with E-state index in [-0.39, 0.29) is 5.75 Å². The SMILES string of the molecule is CCCNCCCCS(=O)(=O)NCC1CCN(C)CC1. The quantitative estimate of drug-likeness (QED) is 0.592. The number of piperidine rings is 1. The molecule has 2 N–H and O–H groups in total. The van der Waals surface area contributed by atoms with Crippen molar-refractivity contribution in [2.75, 3.05) is 45.5 Å². The zero-order chi connectivity index (χ0) is 14.8. The second-order valence-electron chi connectivity index (χ2n) is 5.87. The van der Waals surface area contributed by atoms with Crippen molar-refractivity contribution in [2.24, 2.45) is 5.92 Å². The molecule has 0 radical (unpaired) electrons. The number of hydrogen-bond acceptors (Lipinski definition) is 4. The molecule has 0 atom stereocenters. The van der Waals surface area contributed by atoms with E-state index < -0.39 is 10.0 Å². The first-order chi connectivity index (χ1) is 9.53. The average Bonchev–Trinajstić information content (AvgIpc) is 2.42. The van der Waals surface area contributed by atoms with Gasteiger partial charge in [0.2, 0.25) is 10.0 Å². The Labute approximate surface area is 124 Å². The van der Waals surface area contributed by atoms with Crippen molar-refractivity contribution in [1.82, 2.24) is 14.9 Å². The van der Waals surface area contributed by atoms with Gasteiger partial charge >= 0.3 is 0 Å². The van der Waals surface area contributed by atoms with E-state index in [0.717, 1.165) is 58.3 Å². The van der Waals surface area contributed by atoms with Gasteiger partial charge in [-0.2, -0.15) is 0 Å². The highest BCUT2D eigenvalue weighted by molar-refractivity contribution is 7.89. The van der Waals surface area contributed by atoms with Crippen molar-refractivity contribution < 1.29 is 8.42 Å². The second-order valence-corrected chi connectivity index (χ2v) is 7.80.